The lowest BCUT2D eigenvalue weighted by molar-refractivity contribution is -0.124. The summed E-state index contributed by atoms with van der Waals surface area (Å²) < 4.78 is 11.0. The Labute approximate surface area is 149 Å². The van der Waals surface area contributed by atoms with Gasteiger partial charge in [0.05, 0.1) is 13.2 Å². The topological polar surface area (TPSA) is 76.7 Å². The second-order valence-corrected chi connectivity index (χ2v) is 6.15. The molecule has 25 heavy (non-hydrogen) atoms. The van der Waals surface area contributed by atoms with Crippen molar-refractivity contribution in [2.24, 2.45) is 5.92 Å². The van der Waals surface area contributed by atoms with Gasteiger partial charge < -0.3 is 20.1 Å². The molecule has 138 valence electrons. The molecule has 2 amide bonds. The van der Waals surface area contributed by atoms with Crippen molar-refractivity contribution in [3.63, 3.8) is 0 Å². The molecule has 0 heterocycles. The lowest BCUT2D eigenvalue weighted by Gasteiger charge is -2.13. The largest absolute Gasteiger partial charge is 0.493 e. The van der Waals surface area contributed by atoms with Crippen molar-refractivity contribution in [3.8, 4) is 11.5 Å². The molecule has 0 aliphatic rings. The van der Waals surface area contributed by atoms with Crippen LogP contribution in [0, 0.1) is 5.92 Å². The van der Waals surface area contributed by atoms with Gasteiger partial charge in [-0.2, -0.15) is 0 Å². The zero-order valence-corrected chi connectivity index (χ0v) is 15.6. The smallest absolute Gasteiger partial charge is 0.244 e. The molecule has 6 heteroatoms. The van der Waals surface area contributed by atoms with Gasteiger partial charge in [-0.25, -0.2) is 0 Å². The minimum absolute atomic E-state index is 0.0272. The number of carbonyl (C=O) groups is 2. The summed E-state index contributed by atoms with van der Waals surface area (Å²) in [5.41, 5.74) is 0.830. The van der Waals surface area contributed by atoms with Gasteiger partial charge in [-0.05, 0) is 37.6 Å². The molecule has 0 radical (unpaired) electrons. The fourth-order valence-corrected chi connectivity index (χ4v) is 1.95. The van der Waals surface area contributed by atoms with Gasteiger partial charge in [0.25, 0.3) is 0 Å². The van der Waals surface area contributed by atoms with Crippen molar-refractivity contribution in [1.29, 1.82) is 0 Å². The van der Waals surface area contributed by atoms with E-state index in [4.69, 9.17) is 9.47 Å². The molecule has 0 atom stereocenters. The molecule has 2 N–H and O–H groups in total. The predicted molar refractivity (Wildman–Crippen MR) is 98.6 cm³/mol. The second-order valence-electron chi connectivity index (χ2n) is 6.15. The van der Waals surface area contributed by atoms with E-state index in [1.165, 1.54) is 6.08 Å². The monoisotopic (exact) mass is 348 g/mol. The molecule has 0 bridgehead atoms. The Morgan fingerprint density at radius 3 is 2.36 bits per heavy atom. The van der Waals surface area contributed by atoms with Crippen LogP contribution >= 0.6 is 0 Å². The SMILES string of the molecule is COc1cc(C=CC(=O)NCCNC(=O)C(C)C)ccc1OC(C)C. The highest BCUT2D eigenvalue weighted by molar-refractivity contribution is 5.91. The molecule has 0 fully saturated rings. The normalized spacial score (nSPS) is 11.0. The van der Waals surface area contributed by atoms with Crippen LogP contribution in [-0.4, -0.2) is 38.1 Å². The highest BCUT2D eigenvalue weighted by Crippen LogP contribution is 2.29. The summed E-state index contributed by atoms with van der Waals surface area (Å²) in [6.45, 7) is 8.32. The summed E-state index contributed by atoms with van der Waals surface area (Å²) in [5, 5.41) is 5.46. The van der Waals surface area contributed by atoms with Gasteiger partial charge in [-0.15, -0.1) is 0 Å². The average Bonchev–Trinajstić information content (AvgIpc) is 2.56. The van der Waals surface area contributed by atoms with Crippen molar-refractivity contribution < 1.29 is 19.1 Å². The van der Waals surface area contributed by atoms with Gasteiger partial charge in [0.15, 0.2) is 11.5 Å². The van der Waals surface area contributed by atoms with Crippen molar-refractivity contribution in [2.45, 2.75) is 33.8 Å². The van der Waals surface area contributed by atoms with E-state index in [9.17, 15) is 9.59 Å². The first-order valence-electron chi connectivity index (χ1n) is 8.41. The highest BCUT2D eigenvalue weighted by atomic mass is 16.5. The Balaban J connectivity index is 2.51. The van der Waals surface area contributed by atoms with Gasteiger partial charge in [0.1, 0.15) is 0 Å². The third kappa shape index (κ3) is 7.74. The van der Waals surface area contributed by atoms with E-state index < -0.39 is 0 Å². The van der Waals surface area contributed by atoms with Crippen LogP contribution < -0.4 is 20.1 Å². The first-order chi connectivity index (χ1) is 11.8. The molecular formula is C19H28N2O4. The maximum absolute atomic E-state index is 11.8. The minimum atomic E-state index is -0.222. The van der Waals surface area contributed by atoms with Crippen molar-refractivity contribution in [2.75, 3.05) is 20.2 Å². The van der Waals surface area contributed by atoms with E-state index in [2.05, 4.69) is 10.6 Å². The molecule has 0 aromatic heterocycles. The maximum atomic E-state index is 11.8. The molecule has 0 saturated carbocycles. The third-order valence-corrected chi connectivity index (χ3v) is 3.23. The van der Waals surface area contributed by atoms with Crippen molar-refractivity contribution in [3.05, 3.63) is 29.8 Å². The number of rotatable bonds is 9. The van der Waals surface area contributed by atoms with Crippen LogP contribution in [0.15, 0.2) is 24.3 Å². The van der Waals surface area contributed by atoms with E-state index in [-0.39, 0.29) is 23.8 Å². The Bertz CT molecular complexity index is 609. The van der Waals surface area contributed by atoms with Crippen molar-refractivity contribution in [1.82, 2.24) is 10.6 Å². The van der Waals surface area contributed by atoms with E-state index >= 15 is 0 Å². The Hall–Kier alpha value is -2.50. The molecule has 0 saturated heterocycles. The molecule has 1 rings (SSSR count). The van der Waals surface area contributed by atoms with Crippen LogP contribution in [0.5, 0.6) is 11.5 Å². The van der Waals surface area contributed by atoms with Crippen LogP contribution in [-0.2, 0) is 9.59 Å². The van der Waals surface area contributed by atoms with Crippen LogP contribution in [0.1, 0.15) is 33.3 Å². The van der Waals surface area contributed by atoms with Gasteiger partial charge in [0.2, 0.25) is 11.8 Å². The first kappa shape index (κ1) is 20.5. The second kappa shape index (κ2) is 10.4. The third-order valence-electron chi connectivity index (χ3n) is 3.23. The summed E-state index contributed by atoms with van der Waals surface area (Å²) in [6, 6.07) is 5.48. The molecule has 0 unspecified atom stereocenters. The fraction of sp³-hybridized carbons (Fsp3) is 0.474. The van der Waals surface area contributed by atoms with E-state index in [0.29, 0.717) is 24.6 Å². The van der Waals surface area contributed by atoms with E-state index in [0.717, 1.165) is 5.56 Å². The highest BCUT2D eigenvalue weighted by Gasteiger charge is 2.07. The number of amides is 2. The summed E-state index contributed by atoms with van der Waals surface area (Å²) in [7, 11) is 1.58. The van der Waals surface area contributed by atoms with Crippen LogP contribution in [0.2, 0.25) is 0 Å². The Kier molecular flexibility index (Phi) is 8.53. The zero-order chi connectivity index (χ0) is 18.8. The molecule has 0 aliphatic heterocycles. The molecule has 1 aromatic carbocycles. The molecule has 0 aliphatic carbocycles. The van der Waals surface area contributed by atoms with Crippen LogP contribution in [0.3, 0.4) is 0 Å². The van der Waals surface area contributed by atoms with Crippen LogP contribution in [0.4, 0.5) is 0 Å². The number of nitrogens with one attached hydrogen (secondary N) is 2. The van der Waals surface area contributed by atoms with Crippen LogP contribution in [0.25, 0.3) is 6.08 Å². The number of hydrogen-bond acceptors (Lipinski definition) is 4. The minimum Gasteiger partial charge on any atom is -0.493 e. The summed E-state index contributed by atoms with van der Waals surface area (Å²) >= 11 is 0. The number of carbonyl (C=O) groups excluding carboxylic acids is 2. The summed E-state index contributed by atoms with van der Waals surface area (Å²) in [5.74, 6) is 0.974. The summed E-state index contributed by atoms with van der Waals surface area (Å²) in [6.07, 6.45) is 3.20. The molecular weight excluding hydrogens is 320 g/mol. The average molecular weight is 348 g/mol. The summed E-state index contributed by atoms with van der Waals surface area (Å²) in [4.78, 5) is 23.2. The fourth-order valence-electron chi connectivity index (χ4n) is 1.95. The quantitative estimate of drug-likeness (QED) is 0.531. The van der Waals surface area contributed by atoms with Gasteiger partial charge in [0, 0.05) is 25.1 Å². The molecule has 1 aromatic rings. The van der Waals surface area contributed by atoms with Gasteiger partial charge in [-0.3, -0.25) is 9.59 Å². The Morgan fingerprint density at radius 1 is 1.08 bits per heavy atom. The number of ether oxygens (including phenoxy) is 2. The lowest BCUT2D eigenvalue weighted by Crippen LogP contribution is -2.35. The zero-order valence-electron chi connectivity index (χ0n) is 15.6. The van der Waals surface area contributed by atoms with Gasteiger partial charge >= 0.3 is 0 Å². The first-order valence-corrected chi connectivity index (χ1v) is 8.41. The molecule has 6 nitrogen and oxygen atoms in total. The molecule has 0 spiro atoms. The Morgan fingerprint density at radius 2 is 1.76 bits per heavy atom. The van der Waals surface area contributed by atoms with Crippen molar-refractivity contribution >= 4 is 17.9 Å². The standard InChI is InChI=1S/C19H28N2O4/c1-13(2)19(23)21-11-10-20-18(22)9-7-15-6-8-16(25-14(3)4)17(12-15)24-5/h6-9,12-14H,10-11H2,1-5H3,(H,20,22)(H,21,23). The predicted octanol–water partition coefficient (Wildman–Crippen LogP) is 2.38. The maximum Gasteiger partial charge on any atom is 0.244 e. The van der Waals surface area contributed by atoms with Gasteiger partial charge in [-0.1, -0.05) is 19.9 Å². The lowest BCUT2D eigenvalue weighted by atomic mass is 10.2. The number of hydrogen-bond donors (Lipinski definition) is 2. The van der Waals surface area contributed by atoms with E-state index in [1.807, 2.05) is 45.9 Å². The van der Waals surface area contributed by atoms with E-state index in [1.54, 1.807) is 13.2 Å². The number of benzene rings is 1. The number of methoxy groups -OCH3 is 1.